The summed E-state index contributed by atoms with van der Waals surface area (Å²) in [5.74, 6) is -0.128. The van der Waals surface area contributed by atoms with Gasteiger partial charge in [0, 0.05) is 5.02 Å². The average molecular weight is 470 g/mol. The highest BCUT2D eigenvalue weighted by molar-refractivity contribution is 7.22. The molecule has 0 saturated heterocycles. The van der Waals surface area contributed by atoms with Crippen molar-refractivity contribution < 1.29 is 22.7 Å². The molecular formula is C19H11ClF3N3O2S2. The number of carbonyl (C=O) groups is 1. The third kappa shape index (κ3) is 4.55. The molecule has 0 spiro atoms. The molecule has 0 fully saturated rings. The first-order valence-electron chi connectivity index (χ1n) is 8.40. The lowest BCUT2D eigenvalue weighted by Gasteiger charge is -2.08. The molecule has 0 unspecified atom stereocenters. The van der Waals surface area contributed by atoms with Crippen molar-refractivity contribution in [3.8, 4) is 16.3 Å². The van der Waals surface area contributed by atoms with Crippen molar-refractivity contribution in [2.45, 2.75) is 6.18 Å². The van der Waals surface area contributed by atoms with Crippen LogP contribution in [0.3, 0.4) is 0 Å². The van der Waals surface area contributed by atoms with E-state index in [4.69, 9.17) is 16.3 Å². The molecule has 0 aliphatic rings. The summed E-state index contributed by atoms with van der Waals surface area (Å²) in [4.78, 5) is 21.0. The number of thiazole rings is 1. The Bertz CT molecular complexity index is 1190. The van der Waals surface area contributed by atoms with Gasteiger partial charge < -0.3 is 4.74 Å². The maximum absolute atomic E-state index is 13.6. The Morgan fingerprint density at radius 2 is 1.93 bits per heavy atom. The largest absolute Gasteiger partial charge is 0.484 e. The van der Waals surface area contributed by atoms with E-state index >= 15 is 0 Å². The Morgan fingerprint density at radius 3 is 2.60 bits per heavy atom. The number of thiophene rings is 1. The Morgan fingerprint density at radius 1 is 1.17 bits per heavy atom. The number of rotatable bonds is 5. The van der Waals surface area contributed by atoms with E-state index in [1.165, 1.54) is 11.3 Å². The van der Waals surface area contributed by atoms with Crippen molar-refractivity contribution in [1.29, 1.82) is 0 Å². The predicted octanol–water partition coefficient (Wildman–Crippen LogP) is 6.11. The van der Waals surface area contributed by atoms with Gasteiger partial charge in [-0.05, 0) is 41.8 Å². The van der Waals surface area contributed by atoms with E-state index in [0.717, 1.165) is 6.07 Å². The molecule has 5 nitrogen and oxygen atoms in total. The lowest BCUT2D eigenvalue weighted by Crippen LogP contribution is -2.19. The van der Waals surface area contributed by atoms with Gasteiger partial charge >= 0.3 is 6.18 Å². The standard InChI is InChI=1S/C19H11ClF3N3O2S2/c20-10-3-5-11(6-4-10)28-9-15(27)25-18-26-17-16(30-18)12(19(21,22)23)8-13(24-17)14-2-1-7-29-14/h1-8H,9H2,(H,24,25,26,27). The second kappa shape index (κ2) is 8.21. The van der Waals surface area contributed by atoms with Gasteiger partial charge in [0.25, 0.3) is 5.91 Å². The number of fused-ring (bicyclic) bond motifs is 1. The fourth-order valence-corrected chi connectivity index (χ4v) is 4.33. The van der Waals surface area contributed by atoms with Crippen molar-refractivity contribution in [1.82, 2.24) is 9.97 Å². The van der Waals surface area contributed by atoms with Gasteiger partial charge in [0.05, 0.1) is 20.8 Å². The van der Waals surface area contributed by atoms with E-state index in [1.54, 1.807) is 41.8 Å². The number of aromatic nitrogens is 2. The highest BCUT2D eigenvalue weighted by Gasteiger charge is 2.35. The molecule has 0 bridgehead atoms. The van der Waals surface area contributed by atoms with Gasteiger partial charge in [-0.2, -0.15) is 18.2 Å². The molecule has 0 atom stereocenters. The predicted molar refractivity (Wildman–Crippen MR) is 111 cm³/mol. The zero-order chi connectivity index (χ0) is 21.3. The van der Waals surface area contributed by atoms with Crippen LogP contribution < -0.4 is 10.1 Å². The number of amides is 1. The Labute approximate surface area is 181 Å². The summed E-state index contributed by atoms with van der Waals surface area (Å²) >= 11 is 7.77. The van der Waals surface area contributed by atoms with Gasteiger partial charge in [0.15, 0.2) is 17.4 Å². The number of anilines is 1. The second-order valence-corrected chi connectivity index (χ2v) is 8.38. The maximum atomic E-state index is 13.6. The third-order valence-corrected chi connectivity index (χ3v) is 6.01. The molecule has 4 aromatic rings. The lowest BCUT2D eigenvalue weighted by molar-refractivity contribution is -0.136. The molecular weight excluding hydrogens is 459 g/mol. The highest BCUT2D eigenvalue weighted by atomic mass is 35.5. The molecule has 0 radical (unpaired) electrons. The van der Waals surface area contributed by atoms with Gasteiger partial charge in [-0.25, -0.2) is 4.98 Å². The zero-order valence-electron chi connectivity index (χ0n) is 14.9. The number of pyridine rings is 1. The normalized spacial score (nSPS) is 11.6. The highest BCUT2D eigenvalue weighted by Crippen LogP contribution is 2.40. The summed E-state index contributed by atoms with van der Waals surface area (Å²) in [6.45, 7) is -0.336. The quantitative estimate of drug-likeness (QED) is 0.383. The number of alkyl halides is 3. The number of ether oxygens (including phenoxy) is 1. The monoisotopic (exact) mass is 469 g/mol. The molecule has 1 N–H and O–H groups in total. The minimum absolute atomic E-state index is 0.0102. The first kappa shape index (κ1) is 20.6. The van der Waals surface area contributed by atoms with Crippen molar-refractivity contribution in [2.24, 2.45) is 0 Å². The number of nitrogens with one attached hydrogen (secondary N) is 1. The number of halogens is 4. The second-order valence-electron chi connectivity index (χ2n) is 5.99. The van der Waals surface area contributed by atoms with Gasteiger partial charge in [-0.15, -0.1) is 11.3 Å². The Kier molecular flexibility index (Phi) is 5.63. The topological polar surface area (TPSA) is 64.1 Å². The number of nitrogens with zero attached hydrogens (tertiary/aromatic N) is 2. The summed E-state index contributed by atoms with van der Waals surface area (Å²) in [5.41, 5.74) is -0.738. The van der Waals surface area contributed by atoms with Crippen LogP contribution in [0, 0.1) is 0 Å². The lowest BCUT2D eigenvalue weighted by atomic mass is 10.2. The summed E-state index contributed by atoms with van der Waals surface area (Å²) in [6, 6.07) is 10.8. The van der Waals surface area contributed by atoms with Gasteiger partial charge in [0.2, 0.25) is 0 Å². The molecule has 4 rings (SSSR count). The fourth-order valence-electron chi connectivity index (χ4n) is 2.56. The molecule has 1 amide bonds. The van der Waals surface area contributed by atoms with Crippen LogP contribution in [0.25, 0.3) is 20.9 Å². The van der Waals surface area contributed by atoms with E-state index in [0.29, 0.717) is 27.0 Å². The van der Waals surface area contributed by atoms with Gasteiger partial charge in [-0.1, -0.05) is 29.0 Å². The number of carbonyl (C=O) groups excluding carboxylic acids is 1. The molecule has 0 saturated carbocycles. The van der Waals surface area contributed by atoms with Crippen LogP contribution in [0.4, 0.5) is 18.3 Å². The van der Waals surface area contributed by atoms with E-state index in [1.807, 2.05) is 0 Å². The maximum Gasteiger partial charge on any atom is 0.417 e. The molecule has 11 heteroatoms. The van der Waals surface area contributed by atoms with Crippen molar-refractivity contribution in [2.75, 3.05) is 11.9 Å². The third-order valence-electron chi connectivity index (χ3n) is 3.87. The first-order chi connectivity index (χ1) is 14.3. The first-order valence-corrected chi connectivity index (χ1v) is 10.5. The van der Waals surface area contributed by atoms with Crippen molar-refractivity contribution in [3.63, 3.8) is 0 Å². The molecule has 0 aliphatic carbocycles. The van der Waals surface area contributed by atoms with E-state index in [-0.39, 0.29) is 27.8 Å². The van der Waals surface area contributed by atoms with Crippen molar-refractivity contribution >= 4 is 55.7 Å². The van der Waals surface area contributed by atoms with Gasteiger partial charge in [0.1, 0.15) is 5.75 Å². The summed E-state index contributed by atoms with van der Waals surface area (Å²) in [7, 11) is 0. The summed E-state index contributed by atoms with van der Waals surface area (Å²) < 4.78 is 45.9. The van der Waals surface area contributed by atoms with E-state index in [9.17, 15) is 18.0 Å². The number of hydrogen-bond donors (Lipinski definition) is 1. The molecule has 154 valence electrons. The minimum atomic E-state index is -4.58. The SMILES string of the molecule is O=C(COc1ccc(Cl)cc1)Nc1nc2nc(-c3cccs3)cc(C(F)(F)F)c2s1. The van der Waals surface area contributed by atoms with Crippen LogP contribution in [0.5, 0.6) is 5.75 Å². The van der Waals surface area contributed by atoms with Crippen molar-refractivity contribution in [3.05, 3.63) is 58.4 Å². The number of benzene rings is 1. The van der Waals surface area contributed by atoms with Crippen LogP contribution in [-0.2, 0) is 11.0 Å². The average Bonchev–Trinajstić information content (AvgIpc) is 3.35. The fraction of sp³-hybridized carbons (Fsp3) is 0.105. The van der Waals surface area contributed by atoms with Crippen LogP contribution >= 0.6 is 34.3 Å². The Hall–Kier alpha value is -2.69. The Balaban J connectivity index is 1.57. The molecule has 3 heterocycles. The van der Waals surface area contributed by atoms with E-state index < -0.39 is 17.6 Å². The van der Waals surface area contributed by atoms with Crippen LogP contribution in [-0.4, -0.2) is 22.5 Å². The molecule has 3 aromatic heterocycles. The van der Waals surface area contributed by atoms with Crippen LogP contribution in [0.15, 0.2) is 47.8 Å². The summed E-state index contributed by atoms with van der Waals surface area (Å²) in [6.07, 6.45) is -4.58. The molecule has 1 aromatic carbocycles. The van der Waals surface area contributed by atoms with Crippen LogP contribution in [0.1, 0.15) is 5.56 Å². The summed E-state index contributed by atoms with van der Waals surface area (Å²) in [5, 5.41) is 4.74. The zero-order valence-corrected chi connectivity index (χ0v) is 17.3. The number of hydrogen-bond acceptors (Lipinski definition) is 6. The van der Waals surface area contributed by atoms with E-state index in [2.05, 4.69) is 15.3 Å². The minimum Gasteiger partial charge on any atom is -0.484 e. The van der Waals surface area contributed by atoms with Gasteiger partial charge in [-0.3, -0.25) is 10.1 Å². The molecule has 30 heavy (non-hydrogen) atoms. The molecule has 0 aliphatic heterocycles. The van der Waals surface area contributed by atoms with Crippen LogP contribution in [0.2, 0.25) is 5.02 Å². The smallest absolute Gasteiger partial charge is 0.417 e.